The normalized spacial score (nSPS) is 21.5. The van der Waals surface area contributed by atoms with E-state index in [-0.39, 0.29) is 56.2 Å². The molecule has 48 heavy (non-hydrogen) atoms. The first kappa shape index (κ1) is 35.8. The van der Waals surface area contributed by atoms with Gasteiger partial charge < -0.3 is 45.2 Å². The Kier molecular flexibility index (Phi) is 11.8. The molecule has 264 valence electrons. The number of rotatable bonds is 16. The monoisotopic (exact) mass is 690 g/mol. The zero-order valence-electron chi connectivity index (χ0n) is 27.3. The van der Waals surface area contributed by atoms with E-state index in [0.717, 1.165) is 5.56 Å². The molecule has 5 N–H and O–H groups in total. The SMILES string of the molecule is CC(C)(CCCNC(=O)CN)CN(CC(O)[C@H](Cc1ccccc1)NC(=O)OC1COC2OCCC12)S(=O)(=O)c1ccc2c(c1)OCO2. The second kappa shape index (κ2) is 15.8. The van der Waals surface area contributed by atoms with Crippen molar-refractivity contribution in [3.8, 4) is 11.5 Å². The fourth-order valence-electron chi connectivity index (χ4n) is 6.21. The third kappa shape index (κ3) is 9.15. The predicted octanol–water partition coefficient (Wildman–Crippen LogP) is 1.75. The number of fused-ring (bicyclic) bond motifs is 2. The highest BCUT2D eigenvalue weighted by molar-refractivity contribution is 7.89. The van der Waals surface area contributed by atoms with Gasteiger partial charge in [-0.3, -0.25) is 4.79 Å². The lowest BCUT2D eigenvalue weighted by atomic mass is 9.87. The van der Waals surface area contributed by atoms with Crippen LogP contribution in [0.5, 0.6) is 11.5 Å². The minimum Gasteiger partial charge on any atom is -0.454 e. The molecule has 0 aromatic heterocycles. The summed E-state index contributed by atoms with van der Waals surface area (Å²) in [4.78, 5) is 24.8. The van der Waals surface area contributed by atoms with Gasteiger partial charge >= 0.3 is 6.09 Å². The van der Waals surface area contributed by atoms with E-state index in [1.807, 2.05) is 44.2 Å². The summed E-state index contributed by atoms with van der Waals surface area (Å²) in [5.41, 5.74) is 5.65. The minimum absolute atomic E-state index is 0.0146. The number of nitrogens with zero attached hydrogens (tertiary/aromatic N) is 1. The van der Waals surface area contributed by atoms with Crippen LogP contribution < -0.4 is 25.8 Å². The van der Waals surface area contributed by atoms with Gasteiger partial charge in [-0.2, -0.15) is 4.31 Å². The number of hydrogen-bond donors (Lipinski definition) is 4. The summed E-state index contributed by atoms with van der Waals surface area (Å²) >= 11 is 0. The van der Waals surface area contributed by atoms with Crippen molar-refractivity contribution in [1.29, 1.82) is 0 Å². The van der Waals surface area contributed by atoms with Crippen LogP contribution in [0.25, 0.3) is 0 Å². The van der Waals surface area contributed by atoms with Crippen molar-refractivity contribution in [3.05, 3.63) is 54.1 Å². The van der Waals surface area contributed by atoms with Crippen LogP contribution in [-0.4, -0.2) is 101 Å². The Bertz CT molecular complexity index is 1510. The third-order valence-corrected chi connectivity index (χ3v) is 10.6. The maximum atomic E-state index is 14.3. The van der Waals surface area contributed by atoms with Gasteiger partial charge in [-0.1, -0.05) is 44.2 Å². The molecule has 2 fully saturated rings. The Hall–Kier alpha value is -3.47. The average molecular weight is 691 g/mol. The first-order valence-corrected chi connectivity index (χ1v) is 17.7. The largest absolute Gasteiger partial charge is 0.454 e. The highest BCUT2D eigenvalue weighted by Crippen LogP contribution is 2.36. The van der Waals surface area contributed by atoms with Crippen molar-refractivity contribution < 1.29 is 46.8 Å². The molecule has 2 saturated heterocycles. The molecule has 0 radical (unpaired) electrons. The molecule has 2 aromatic carbocycles. The number of nitrogens with one attached hydrogen (secondary N) is 2. The quantitative estimate of drug-likeness (QED) is 0.188. The molecule has 0 spiro atoms. The third-order valence-electron chi connectivity index (χ3n) is 8.82. The van der Waals surface area contributed by atoms with Crippen LogP contribution in [0.3, 0.4) is 0 Å². The number of carbonyl (C=O) groups excluding carboxylic acids is 2. The number of aliphatic hydroxyl groups excluding tert-OH is 1. The number of amides is 2. The van der Waals surface area contributed by atoms with Gasteiger partial charge in [-0.15, -0.1) is 0 Å². The molecule has 15 heteroatoms. The van der Waals surface area contributed by atoms with E-state index < -0.39 is 46.1 Å². The Morgan fingerprint density at radius 1 is 1.12 bits per heavy atom. The van der Waals surface area contributed by atoms with Crippen LogP contribution in [-0.2, 0) is 35.4 Å². The van der Waals surface area contributed by atoms with Gasteiger partial charge in [0.05, 0.1) is 42.7 Å². The molecule has 3 aliphatic rings. The Morgan fingerprint density at radius 3 is 2.67 bits per heavy atom. The van der Waals surface area contributed by atoms with Crippen molar-refractivity contribution in [2.45, 2.75) is 69.0 Å². The molecule has 14 nitrogen and oxygen atoms in total. The minimum atomic E-state index is -4.19. The fraction of sp³-hybridized carbons (Fsp3) is 0.576. The zero-order valence-corrected chi connectivity index (χ0v) is 28.2. The Labute approximate surface area is 281 Å². The Morgan fingerprint density at radius 2 is 1.90 bits per heavy atom. The second-order valence-corrected chi connectivity index (χ2v) is 15.0. The number of ether oxygens (including phenoxy) is 5. The first-order chi connectivity index (χ1) is 22.9. The number of benzene rings is 2. The average Bonchev–Trinajstić information content (AvgIpc) is 3.81. The summed E-state index contributed by atoms with van der Waals surface area (Å²) in [7, 11) is -4.19. The van der Waals surface area contributed by atoms with Crippen LogP contribution in [0, 0.1) is 11.3 Å². The number of nitrogens with two attached hydrogens (primary N) is 1. The number of alkyl carbamates (subject to hydrolysis) is 1. The van der Waals surface area contributed by atoms with Gasteiger partial charge in [-0.05, 0) is 48.8 Å². The molecule has 5 rings (SSSR count). The number of carbonyl (C=O) groups is 2. The van der Waals surface area contributed by atoms with Crippen molar-refractivity contribution >= 4 is 22.0 Å². The maximum absolute atomic E-state index is 14.3. The van der Waals surface area contributed by atoms with E-state index in [1.54, 1.807) is 0 Å². The lowest BCUT2D eigenvalue weighted by Crippen LogP contribution is -2.52. The zero-order chi connectivity index (χ0) is 34.3. The summed E-state index contributed by atoms with van der Waals surface area (Å²) in [6.07, 6.45) is -0.884. The van der Waals surface area contributed by atoms with Crippen molar-refractivity contribution in [1.82, 2.24) is 14.9 Å². The Balaban J connectivity index is 1.35. The summed E-state index contributed by atoms with van der Waals surface area (Å²) in [6, 6.07) is 12.8. The highest BCUT2D eigenvalue weighted by atomic mass is 32.2. The molecule has 3 heterocycles. The van der Waals surface area contributed by atoms with Gasteiger partial charge in [0, 0.05) is 25.7 Å². The smallest absolute Gasteiger partial charge is 0.407 e. The highest BCUT2D eigenvalue weighted by Gasteiger charge is 2.44. The van der Waals surface area contributed by atoms with Crippen molar-refractivity contribution in [2.75, 3.05) is 46.2 Å². The lowest BCUT2D eigenvalue weighted by molar-refractivity contribution is -0.119. The van der Waals surface area contributed by atoms with E-state index in [0.29, 0.717) is 43.9 Å². The second-order valence-electron chi connectivity index (χ2n) is 13.1. The standard InChI is InChI=1S/C33H46N4O10S/c1-33(2,12-6-13-35-30(39)17-34)20-37(48(41,42)23-9-10-27-28(16-23)46-21-45-27)18-26(38)25(15-22-7-4-3-5-8-22)36-32(40)47-29-19-44-31-24(29)11-14-43-31/h3-5,7-10,16,24-26,29,31,38H,6,11-15,17-21,34H2,1-2H3,(H,35,39)(H,36,40)/t24?,25-,26?,29?,31?/m0/s1. The number of hydrogen-bond acceptors (Lipinski definition) is 11. The number of aliphatic hydroxyl groups is 1. The molecule has 5 atom stereocenters. The van der Waals surface area contributed by atoms with E-state index >= 15 is 0 Å². The van der Waals surface area contributed by atoms with Crippen LogP contribution in [0.2, 0.25) is 0 Å². The van der Waals surface area contributed by atoms with Crippen LogP contribution in [0.15, 0.2) is 53.4 Å². The molecule has 3 aliphatic heterocycles. The van der Waals surface area contributed by atoms with Gasteiger partial charge in [0.1, 0.15) is 6.10 Å². The van der Waals surface area contributed by atoms with E-state index in [1.165, 1.54) is 22.5 Å². The predicted molar refractivity (Wildman–Crippen MR) is 174 cm³/mol. The summed E-state index contributed by atoms with van der Waals surface area (Å²) in [5, 5.41) is 17.3. The van der Waals surface area contributed by atoms with E-state index in [9.17, 15) is 23.1 Å². The van der Waals surface area contributed by atoms with Crippen LogP contribution >= 0.6 is 0 Å². The van der Waals surface area contributed by atoms with Gasteiger partial charge in [0.15, 0.2) is 17.8 Å². The molecule has 0 saturated carbocycles. The van der Waals surface area contributed by atoms with Crippen LogP contribution in [0.1, 0.15) is 38.7 Å². The molecule has 4 unspecified atom stereocenters. The topological polar surface area (TPSA) is 188 Å². The van der Waals surface area contributed by atoms with Crippen molar-refractivity contribution in [2.24, 2.45) is 17.1 Å². The molecular weight excluding hydrogens is 644 g/mol. The molecule has 2 aromatic rings. The fourth-order valence-corrected chi connectivity index (χ4v) is 7.88. The van der Waals surface area contributed by atoms with Gasteiger partial charge in [0.2, 0.25) is 22.7 Å². The summed E-state index contributed by atoms with van der Waals surface area (Å²) in [6.45, 7) is 4.56. The molecule has 0 aliphatic carbocycles. The first-order valence-electron chi connectivity index (χ1n) is 16.2. The lowest BCUT2D eigenvalue weighted by Gasteiger charge is -2.35. The molecule has 0 bridgehead atoms. The van der Waals surface area contributed by atoms with Gasteiger partial charge in [0.25, 0.3) is 0 Å². The van der Waals surface area contributed by atoms with E-state index in [4.69, 9.17) is 29.4 Å². The molecule has 2 amide bonds. The van der Waals surface area contributed by atoms with E-state index in [2.05, 4.69) is 10.6 Å². The summed E-state index contributed by atoms with van der Waals surface area (Å²) in [5.74, 6) is 0.412. The number of sulfonamides is 1. The summed E-state index contributed by atoms with van der Waals surface area (Å²) < 4.78 is 57.4. The van der Waals surface area contributed by atoms with Crippen LogP contribution in [0.4, 0.5) is 4.79 Å². The maximum Gasteiger partial charge on any atom is 0.407 e. The van der Waals surface area contributed by atoms with Crippen molar-refractivity contribution in [3.63, 3.8) is 0 Å². The van der Waals surface area contributed by atoms with Gasteiger partial charge in [-0.25, -0.2) is 13.2 Å². The molecular formula is C33H46N4O10S.